The Kier molecular flexibility index (Phi) is 6.43. The van der Waals surface area contributed by atoms with Crippen molar-refractivity contribution in [2.24, 2.45) is 17.8 Å². The van der Waals surface area contributed by atoms with Crippen molar-refractivity contribution in [2.75, 3.05) is 19.6 Å². The summed E-state index contributed by atoms with van der Waals surface area (Å²) in [6.07, 6.45) is 3.47. The van der Waals surface area contributed by atoms with E-state index in [2.05, 4.69) is 36.4 Å². The summed E-state index contributed by atoms with van der Waals surface area (Å²) in [5.41, 5.74) is 0. The Bertz CT molecular complexity index is 367. The van der Waals surface area contributed by atoms with Crippen LogP contribution in [0.4, 0.5) is 0 Å². The lowest BCUT2D eigenvalue weighted by Crippen LogP contribution is -3.15. The van der Waals surface area contributed by atoms with Crippen molar-refractivity contribution in [2.45, 2.75) is 49.5 Å². The molecule has 0 aromatic heterocycles. The third-order valence-corrected chi connectivity index (χ3v) is 6.99. The standard InChI is InChI=1S/C15H27IN2O3/c1-10-5-6-17(8-11(10)2)9-15(19)12-3-4-13(16)14(7-12)18(20)21/h10-14,18,20H,3-9H2,1-2H3/p+1. The van der Waals surface area contributed by atoms with Crippen LogP contribution in [0.25, 0.3) is 0 Å². The number of hydrogen-bond acceptors (Lipinski definition) is 3. The fraction of sp³-hybridized carbons (Fsp3) is 0.933. The zero-order valence-electron chi connectivity index (χ0n) is 13.0. The molecule has 0 aromatic carbocycles. The van der Waals surface area contributed by atoms with Gasteiger partial charge in [-0.15, -0.1) is 0 Å². The van der Waals surface area contributed by atoms with Crippen molar-refractivity contribution in [1.82, 2.24) is 0 Å². The van der Waals surface area contributed by atoms with Crippen molar-refractivity contribution >= 4 is 28.4 Å². The van der Waals surface area contributed by atoms with E-state index >= 15 is 0 Å². The van der Waals surface area contributed by atoms with Crippen LogP contribution < -0.4 is 10.1 Å². The van der Waals surface area contributed by atoms with Crippen molar-refractivity contribution < 1.29 is 20.1 Å². The van der Waals surface area contributed by atoms with Gasteiger partial charge in [0.2, 0.25) is 0 Å². The molecule has 7 unspecified atom stereocenters. The van der Waals surface area contributed by atoms with Gasteiger partial charge in [-0.1, -0.05) is 36.4 Å². The Morgan fingerprint density at radius 3 is 2.67 bits per heavy atom. The number of nitrogens with one attached hydrogen (secondary N) is 2. The molecular weight excluding hydrogens is 383 g/mol. The Hall–Kier alpha value is 0.240. The van der Waals surface area contributed by atoms with Crippen LogP contribution in [0.1, 0.15) is 39.5 Å². The number of alkyl halides is 1. The van der Waals surface area contributed by atoms with Gasteiger partial charge in [-0.2, -0.15) is 0 Å². The van der Waals surface area contributed by atoms with E-state index in [-0.39, 0.29) is 15.9 Å². The number of Topliss-reactive ketones (excluding diaryl/α,β-unsaturated/α-hetero) is 1. The number of carbonyl (C=O) groups excluding carboxylic acids is 1. The topological polar surface area (TPSA) is 69.2 Å². The number of ketones is 1. The summed E-state index contributed by atoms with van der Waals surface area (Å²) in [6.45, 7) is 7.33. The monoisotopic (exact) mass is 411 g/mol. The van der Waals surface area contributed by atoms with Crippen molar-refractivity contribution in [3.8, 4) is 0 Å². The molecule has 1 aliphatic carbocycles. The zero-order valence-corrected chi connectivity index (χ0v) is 15.1. The number of quaternary nitrogens is 2. The normalized spacial score (nSPS) is 42.5. The molecule has 2 aliphatic rings. The van der Waals surface area contributed by atoms with Crippen LogP contribution in [0.2, 0.25) is 0 Å². The summed E-state index contributed by atoms with van der Waals surface area (Å²) < 4.78 is 0.173. The maximum Gasteiger partial charge on any atom is 0.190 e. The van der Waals surface area contributed by atoms with Gasteiger partial charge in [0.1, 0.15) is 12.6 Å². The third kappa shape index (κ3) is 4.60. The molecule has 7 atom stereocenters. The van der Waals surface area contributed by atoms with Gasteiger partial charge in [0, 0.05) is 18.3 Å². The first-order valence-corrected chi connectivity index (χ1v) is 9.36. The first-order valence-electron chi connectivity index (χ1n) is 8.11. The second-order valence-corrected chi connectivity index (χ2v) is 8.66. The largest absolute Gasteiger partial charge is 0.600 e. The quantitative estimate of drug-likeness (QED) is 0.343. The second kappa shape index (κ2) is 7.68. The van der Waals surface area contributed by atoms with Gasteiger partial charge in [0.25, 0.3) is 0 Å². The van der Waals surface area contributed by atoms with E-state index in [1.807, 2.05) is 0 Å². The van der Waals surface area contributed by atoms with Gasteiger partial charge >= 0.3 is 0 Å². The van der Waals surface area contributed by atoms with Crippen LogP contribution >= 0.6 is 22.6 Å². The summed E-state index contributed by atoms with van der Waals surface area (Å²) in [4.78, 5) is 13.9. The molecule has 1 saturated heterocycles. The zero-order chi connectivity index (χ0) is 15.6. The van der Waals surface area contributed by atoms with Crippen molar-refractivity contribution in [1.29, 1.82) is 0 Å². The van der Waals surface area contributed by atoms with Crippen LogP contribution in [-0.2, 0) is 4.79 Å². The summed E-state index contributed by atoms with van der Waals surface area (Å²) in [5.74, 6) is 1.70. The summed E-state index contributed by atoms with van der Waals surface area (Å²) in [6, 6.07) is -0.344. The Labute approximate surface area is 140 Å². The van der Waals surface area contributed by atoms with E-state index in [0.29, 0.717) is 24.7 Å². The van der Waals surface area contributed by atoms with Crippen LogP contribution in [0.5, 0.6) is 0 Å². The maximum atomic E-state index is 12.5. The number of hydrogen-bond donors (Lipinski definition) is 3. The summed E-state index contributed by atoms with van der Waals surface area (Å²) in [7, 11) is 0. The lowest BCUT2D eigenvalue weighted by Gasteiger charge is -2.36. The molecule has 0 amide bonds. The van der Waals surface area contributed by atoms with E-state index in [1.54, 1.807) is 0 Å². The minimum absolute atomic E-state index is 0.0285. The van der Waals surface area contributed by atoms with Crippen LogP contribution in [0, 0.1) is 23.0 Å². The molecule has 0 aromatic rings. The molecule has 21 heavy (non-hydrogen) atoms. The Morgan fingerprint density at radius 1 is 1.33 bits per heavy atom. The SMILES string of the molecule is CC1CC[NH+](CC(=O)C2CCC(I)C([NH+]([O-])O)C2)CC1C. The Balaban J connectivity index is 1.86. The van der Waals surface area contributed by atoms with E-state index < -0.39 is 5.23 Å². The highest BCUT2D eigenvalue weighted by Gasteiger charge is 2.38. The van der Waals surface area contributed by atoms with Gasteiger partial charge < -0.3 is 10.1 Å². The highest BCUT2D eigenvalue weighted by Crippen LogP contribution is 2.28. The molecular formula is C15H28IN2O3+. The van der Waals surface area contributed by atoms with Crippen molar-refractivity contribution in [3.05, 3.63) is 5.21 Å². The highest BCUT2D eigenvalue weighted by molar-refractivity contribution is 14.1. The van der Waals surface area contributed by atoms with Gasteiger partial charge in [0.15, 0.2) is 5.78 Å². The lowest BCUT2D eigenvalue weighted by atomic mass is 9.82. The predicted octanol–water partition coefficient (Wildman–Crippen LogP) is -0.139. The van der Waals surface area contributed by atoms with Gasteiger partial charge in [0.05, 0.1) is 17.0 Å². The van der Waals surface area contributed by atoms with Gasteiger partial charge in [-0.3, -0.25) is 4.79 Å². The molecule has 1 heterocycles. The molecule has 2 rings (SSSR count). The lowest BCUT2D eigenvalue weighted by molar-refractivity contribution is -1.07. The van der Waals surface area contributed by atoms with Crippen LogP contribution in [0.15, 0.2) is 0 Å². The molecule has 6 heteroatoms. The smallest absolute Gasteiger partial charge is 0.190 e. The molecule has 1 aliphatic heterocycles. The molecule has 0 radical (unpaired) electrons. The van der Waals surface area contributed by atoms with E-state index in [0.717, 1.165) is 31.8 Å². The molecule has 122 valence electrons. The molecule has 0 spiro atoms. The summed E-state index contributed by atoms with van der Waals surface area (Å²) in [5, 5.41) is 19.8. The average Bonchev–Trinajstić information content (AvgIpc) is 2.43. The van der Waals surface area contributed by atoms with E-state index in [9.17, 15) is 15.2 Å². The number of likely N-dealkylation sites (tertiary alicyclic amines) is 1. The number of piperidine rings is 1. The number of hydroxylamine groups is 2. The number of halogens is 1. The minimum Gasteiger partial charge on any atom is -0.600 e. The maximum absolute atomic E-state index is 12.5. The van der Waals surface area contributed by atoms with Crippen LogP contribution in [-0.4, -0.2) is 40.6 Å². The third-order valence-electron chi connectivity index (χ3n) is 5.50. The fourth-order valence-electron chi connectivity index (χ4n) is 3.71. The molecule has 5 nitrogen and oxygen atoms in total. The van der Waals surface area contributed by atoms with E-state index in [1.165, 1.54) is 11.3 Å². The first-order chi connectivity index (χ1) is 9.88. The molecule has 0 bridgehead atoms. The van der Waals surface area contributed by atoms with Gasteiger partial charge in [-0.05, 0) is 25.2 Å². The predicted molar refractivity (Wildman–Crippen MR) is 88.6 cm³/mol. The summed E-state index contributed by atoms with van der Waals surface area (Å²) >= 11 is 2.23. The van der Waals surface area contributed by atoms with Gasteiger partial charge in [-0.25, -0.2) is 10.4 Å². The minimum atomic E-state index is -0.736. The fourth-order valence-corrected chi connectivity index (χ4v) is 4.67. The molecule has 2 fully saturated rings. The van der Waals surface area contributed by atoms with E-state index in [4.69, 9.17) is 0 Å². The Morgan fingerprint density at radius 2 is 2.05 bits per heavy atom. The number of carbonyl (C=O) groups is 1. The molecule has 3 N–H and O–H groups in total. The van der Waals surface area contributed by atoms with Crippen LogP contribution in [0.3, 0.4) is 0 Å². The molecule has 1 saturated carbocycles. The second-order valence-electron chi connectivity index (χ2n) is 7.06. The first kappa shape index (κ1) is 17.6. The average molecular weight is 411 g/mol. The number of rotatable bonds is 4. The van der Waals surface area contributed by atoms with Crippen molar-refractivity contribution in [3.63, 3.8) is 0 Å². The highest BCUT2D eigenvalue weighted by atomic mass is 127.